The Kier molecular flexibility index (Phi) is 4.67. The van der Waals surface area contributed by atoms with E-state index in [9.17, 15) is 14.7 Å². The molecule has 21 heavy (non-hydrogen) atoms. The third-order valence-corrected chi connectivity index (χ3v) is 3.62. The molecule has 0 aliphatic carbocycles. The Bertz CT molecular complexity index is 544. The maximum absolute atomic E-state index is 12.3. The molecule has 0 radical (unpaired) electrons. The van der Waals surface area contributed by atoms with Crippen LogP contribution >= 0.6 is 0 Å². The Morgan fingerprint density at radius 2 is 2.24 bits per heavy atom. The van der Waals surface area contributed by atoms with Gasteiger partial charge in [-0.1, -0.05) is 26.3 Å². The molecule has 1 aliphatic rings. The molecule has 0 spiro atoms. The largest absolute Gasteiger partial charge is 0.489 e. The molecule has 6 heteroatoms. The highest BCUT2D eigenvalue weighted by Gasteiger charge is 2.27. The number of carbonyl (C=O) groups is 2. The van der Waals surface area contributed by atoms with E-state index in [1.807, 2.05) is 0 Å². The molecule has 1 aliphatic heterocycles. The van der Waals surface area contributed by atoms with Crippen LogP contribution in [0.2, 0.25) is 0 Å². The number of para-hydroxylation sites is 1. The van der Waals surface area contributed by atoms with Crippen LogP contribution in [-0.4, -0.2) is 36.8 Å². The average Bonchev–Trinajstić information content (AvgIpc) is 2.50. The van der Waals surface area contributed by atoms with E-state index in [1.54, 1.807) is 12.1 Å². The number of carboxylic acid groups (broad SMARTS) is 1. The van der Waals surface area contributed by atoms with Crippen LogP contribution in [0.4, 0.5) is 10.5 Å². The van der Waals surface area contributed by atoms with E-state index in [2.05, 4.69) is 19.2 Å². The summed E-state index contributed by atoms with van der Waals surface area (Å²) in [6, 6.07) is 4.57. The van der Waals surface area contributed by atoms with Crippen molar-refractivity contribution in [1.82, 2.24) is 5.32 Å². The first-order valence-corrected chi connectivity index (χ1v) is 7.09. The van der Waals surface area contributed by atoms with Crippen LogP contribution in [0.1, 0.15) is 30.6 Å². The monoisotopic (exact) mass is 292 g/mol. The van der Waals surface area contributed by atoms with E-state index in [-0.39, 0.29) is 24.0 Å². The van der Waals surface area contributed by atoms with Gasteiger partial charge in [0.25, 0.3) is 0 Å². The molecule has 2 rings (SSSR count). The highest BCUT2D eigenvalue weighted by Crippen LogP contribution is 2.34. The summed E-state index contributed by atoms with van der Waals surface area (Å²) in [5, 5.41) is 12.1. The predicted molar refractivity (Wildman–Crippen MR) is 79.1 cm³/mol. The number of nitrogens with zero attached hydrogens (tertiary/aromatic N) is 1. The fraction of sp³-hybridized carbons (Fsp3) is 0.467. The second-order valence-corrected chi connectivity index (χ2v) is 5.16. The maximum Gasteiger partial charge on any atom is 0.339 e. The fourth-order valence-electron chi connectivity index (χ4n) is 2.13. The lowest BCUT2D eigenvalue weighted by Crippen LogP contribution is -2.45. The van der Waals surface area contributed by atoms with E-state index < -0.39 is 5.97 Å². The molecule has 114 valence electrons. The summed E-state index contributed by atoms with van der Waals surface area (Å²) in [5.41, 5.74) is 0.578. The zero-order valence-corrected chi connectivity index (χ0v) is 12.3. The molecule has 2 amide bonds. The second kappa shape index (κ2) is 6.47. The molecule has 2 N–H and O–H groups in total. The van der Waals surface area contributed by atoms with Crippen molar-refractivity contribution in [2.45, 2.75) is 20.3 Å². The summed E-state index contributed by atoms with van der Waals surface area (Å²) in [5.74, 6) is -0.400. The summed E-state index contributed by atoms with van der Waals surface area (Å²) in [7, 11) is 0. The molecule has 1 aromatic carbocycles. The van der Waals surface area contributed by atoms with Crippen molar-refractivity contribution in [2.24, 2.45) is 5.92 Å². The molecule has 0 fully saturated rings. The van der Waals surface area contributed by atoms with Crippen molar-refractivity contribution in [3.05, 3.63) is 23.8 Å². The van der Waals surface area contributed by atoms with Gasteiger partial charge in [-0.2, -0.15) is 0 Å². The van der Waals surface area contributed by atoms with Gasteiger partial charge in [0, 0.05) is 6.54 Å². The molecular formula is C15H20N2O4. The first kappa shape index (κ1) is 15.2. The molecule has 0 saturated carbocycles. The number of urea groups is 1. The van der Waals surface area contributed by atoms with Crippen molar-refractivity contribution in [3.63, 3.8) is 0 Å². The molecule has 1 unspecified atom stereocenters. The third-order valence-electron chi connectivity index (χ3n) is 3.62. The number of rotatable bonds is 4. The van der Waals surface area contributed by atoms with Crippen molar-refractivity contribution in [1.29, 1.82) is 0 Å². The van der Waals surface area contributed by atoms with E-state index in [4.69, 9.17) is 4.74 Å². The van der Waals surface area contributed by atoms with Crippen LogP contribution in [0.25, 0.3) is 0 Å². The van der Waals surface area contributed by atoms with Crippen LogP contribution in [-0.2, 0) is 0 Å². The van der Waals surface area contributed by atoms with Gasteiger partial charge in [-0.15, -0.1) is 0 Å². The number of hydrogen-bond donors (Lipinski definition) is 2. The smallest absolute Gasteiger partial charge is 0.339 e. The van der Waals surface area contributed by atoms with Crippen LogP contribution in [0.15, 0.2) is 18.2 Å². The van der Waals surface area contributed by atoms with E-state index in [1.165, 1.54) is 11.0 Å². The average molecular weight is 292 g/mol. The Morgan fingerprint density at radius 3 is 2.90 bits per heavy atom. The van der Waals surface area contributed by atoms with Gasteiger partial charge in [-0.05, 0) is 18.1 Å². The lowest BCUT2D eigenvalue weighted by molar-refractivity contribution is 0.0692. The topological polar surface area (TPSA) is 78.9 Å². The van der Waals surface area contributed by atoms with Gasteiger partial charge >= 0.3 is 12.0 Å². The molecule has 0 aromatic heterocycles. The van der Waals surface area contributed by atoms with E-state index >= 15 is 0 Å². The minimum absolute atomic E-state index is 0.0759. The van der Waals surface area contributed by atoms with Gasteiger partial charge in [-0.3, -0.25) is 4.90 Å². The first-order chi connectivity index (χ1) is 10.0. The second-order valence-electron chi connectivity index (χ2n) is 5.16. The molecule has 6 nitrogen and oxygen atoms in total. The normalized spacial score (nSPS) is 14.9. The van der Waals surface area contributed by atoms with Crippen molar-refractivity contribution < 1.29 is 19.4 Å². The molecule has 1 heterocycles. The van der Waals surface area contributed by atoms with Crippen molar-refractivity contribution >= 4 is 17.7 Å². The van der Waals surface area contributed by atoms with Gasteiger partial charge < -0.3 is 15.2 Å². The Labute approximate surface area is 123 Å². The number of nitrogens with one attached hydrogen (secondary N) is 1. The molecule has 0 bridgehead atoms. The number of carboxylic acids is 1. The van der Waals surface area contributed by atoms with Gasteiger partial charge in [0.2, 0.25) is 0 Å². The SMILES string of the molecule is CCC(C)CNC(=O)N1CCOc2c(C(=O)O)cccc21. The van der Waals surface area contributed by atoms with E-state index in [0.29, 0.717) is 24.7 Å². The summed E-state index contributed by atoms with van der Waals surface area (Å²) in [6.07, 6.45) is 0.989. The zero-order chi connectivity index (χ0) is 15.4. The highest BCUT2D eigenvalue weighted by atomic mass is 16.5. The number of aromatic carboxylic acids is 1. The molecule has 0 saturated heterocycles. The lowest BCUT2D eigenvalue weighted by Gasteiger charge is -2.30. The van der Waals surface area contributed by atoms with Crippen LogP contribution in [0.3, 0.4) is 0 Å². The molecular weight excluding hydrogens is 272 g/mol. The highest BCUT2D eigenvalue weighted by molar-refractivity contribution is 5.99. The number of ether oxygens (including phenoxy) is 1. The number of fused-ring (bicyclic) bond motifs is 1. The maximum atomic E-state index is 12.3. The van der Waals surface area contributed by atoms with E-state index in [0.717, 1.165) is 6.42 Å². The minimum Gasteiger partial charge on any atom is -0.489 e. The summed E-state index contributed by atoms with van der Waals surface area (Å²) in [6.45, 7) is 5.42. The number of carbonyl (C=O) groups excluding carboxylic acids is 1. The minimum atomic E-state index is -1.06. The Hall–Kier alpha value is -2.24. The van der Waals surface area contributed by atoms with Gasteiger partial charge in [-0.25, -0.2) is 9.59 Å². The van der Waals surface area contributed by atoms with Gasteiger partial charge in [0.1, 0.15) is 12.2 Å². The van der Waals surface area contributed by atoms with Crippen LogP contribution in [0, 0.1) is 5.92 Å². The first-order valence-electron chi connectivity index (χ1n) is 7.09. The van der Waals surface area contributed by atoms with Crippen molar-refractivity contribution in [3.8, 4) is 5.75 Å². The van der Waals surface area contributed by atoms with Gasteiger partial charge in [0.05, 0.1) is 12.2 Å². The summed E-state index contributed by atoms with van der Waals surface area (Å²) < 4.78 is 5.44. The van der Waals surface area contributed by atoms with Crippen LogP contribution in [0.5, 0.6) is 5.75 Å². The quantitative estimate of drug-likeness (QED) is 0.892. The zero-order valence-electron chi connectivity index (χ0n) is 12.3. The fourth-order valence-corrected chi connectivity index (χ4v) is 2.13. The molecule has 1 atom stereocenters. The molecule has 1 aromatic rings. The summed E-state index contributed by atoms with van der Waals surface area (Å²) in [4.78, 5) is 25.0. The number of hydrogen-bond acceptors (Lipinski definition) is 3. The number of benzene rings is 1. The Morgan fingerprint density at radius 1 is 1.48 bits per heavy atom. The van der Waals surface area contributed by atoms with Gasteiger partial charge in [0.15, 0.2) is 5.75 Å². The number of amides is 2. The standard InChI is InChI=1S/C15H20N2O4/c1-3-10(2)9-16-15(20)17-7-8-21-13-11(14(18)19)5-4-6-12(13)17/h4-6,10H,3,7-9H2,1-2H3,(H,16,20)(H,18,19). The predicted octanol–water partition coefficient (Wildman–Crippen LogP) is 2.34. The van der Waals surface area contributed by atoms with Crippen molar-refractivity contribution in [2.75, 3.05) is 24.6 Å². The summed E-state index contributed by atoms with van der Waals surface area (Å²) >= 11 is 0. The third kappa shape index (κ3) is 3.26. The number of anilines is 1. The Balaban J connectivity index is 2.20. The van der Waals surface area contributed by atoms with Crippen LogP contribution < -0.4 is 15.0 Å². The lowest BCUT2D eigenvalue weighted by atomic mass is 10.1.